The minimum Gasteiger partial charge on any atom is -0.385 e. The highest BCUT2D eigenvalue weighted by Crippen LogP contribution is 2.36. The number of ether oxygens (including phenoxy) is 2. The minimum absolute atomic E-state index is 0.0834. The van der Waals surface area contributed by atoms with E-state index in [0.717, 1.165) is 50.2 Å². The van der Waals surface area contributed by atoms with Crippen molar-refractivity contribution in [3.05, 3.63) is 29.7 Å². The summed E-state index contributed by atoms with van der Waals surface area (Å²) in [6, 6.07) is 4.84. The number of aryl methyl sites for hydroxylation is 2. The molecule has 1 saturated heterocycles. The average Bonchev–Trinajstić information content (AvgIpc) is 3.53. The lowest BCUT2D eigenvalue weighted by atomic mass is 10.1. The molecule has 4 rings (SSSR count). The number of morpholine rings is 1. The Kier molecular flexibility index (Phi) is 6.94. The minimum atomic E-state index is -0.411. The maximum atomic E-state index is 13.4. The molecule has 1 N–H and O–H groups in total. The quantitative estimate of drug-likeness (QED) is 0.622. The molecule has 0 unspecified atom stereocenters. The van der Waals surface area contributed by atoms with Crippen LogP contribution in [0.4, 0.5) is 0 Å². The first kappa shape index (κ1) is 22.2. The second-order valence-corrected chi connectivity index (χ2v) is 8.92. The fourth-order valence-electron chi connectivity index (χ4n) is 4.53. The maximum absolute atomic E-state index is 13.4. The molecule has 3 atom stereocenters. The molecule has 7 heteroatoms. The molecule has 7 nitrogen and oxygen atoms in total. The summed E-state index contributed by atoms with van der Waals surface area (Å²) in [5, 5.41) is 4.58. The normalized spacial score (nSPS) is 22.6. The summed E-state index contributed by atoms with van der Waals surface area (Å²) in [5.74, 6) is 0.0878. The molecule has 3 heterocycles. The molecule has 31 heavy (non-hydrogen) atoms. The van der Waals surface area contributed by atoms with Gasteiger partial charge in [0, 0.05) is 56.2 Å². The Hall–Kier alpha value is -1.96. The van der Waals surface area contributed by atoms with Crippen LogP contribution in [0.15, 0.2) is 18.3 Å². The summed E-state index contributed by atoms with van der Waals surface area (Å²) in [4.78, 5) is 20.5. The van der Waals surface area contributed by atoms with Crippen LogP contribution in [0.2, 0.25) is 0 Å². The number of pyridine rings is 1. The van der Waals surface area contributed by atoms with Gasteiger partial charge >= 0.3 is 0 Å². The van der Waals surface area contributed by atoms with E-state index in [1.807, 2.05) is 4.90 Å². The van der Waals surface area contributed by atoms with E-state index < -0.39 is 6.10 Å². The van der Waals surface area contributed by atoms with E-state index in [0.29, 0.717) is 19.2 Å². The predicted octanol–water partition coefficient (Wildman–Crippen LogP) is 3.06. The van der Waals surface area contributed by atoms with Gasteiger partial charge in [-0.3, -0.25) is 9.78 Å². The van der Waals surface area contributed by atoms with E-state index >= 15 is 0 Å². The summed E-state index contributed by atoms with van der Waals surface area (Å²) in [5.41, 5.74) is 3.25. The molecule has 0 radical (unpaired) electrons. The van der Waals surface area contributed by atoms with Crippen molar-refractivity contribution in [3.63, 3.8) is 0 Å². The van der Waals surface area contributed by atoms with Crippen LogP contribution < -0.4 is 5.32 Å². The summed E-state index contributed by atoms with van der Waals surface area (Å²) >= 11 is 0. The van der Waals surface area contributed by atoms with Crippen LogP contribution in [0.25, 0.3) is 10.9 Å². The van der Waals surface area contributed by atoms with Gasteiger partial charge in [0.2, 0.25) is 0 Å². The van der Waals surface area contributed by atoms with Gasteiger partial charge in [-0.05, 0) is 51.7 Å². The lowest BCUT2D eigenvalue weighted by Crippen LogP contribution is -2.53. The molecule has 2 fully saturated rings. The topological polar surface area (TPSA) is 68.6 Å². The first-order valence-corrected chi connectivity index (χ1v) is 11.7. The van der Waals surface area contributed by atoms with Crippen LogP contribution in [-0.2, 0) is 27.2 Å². The monoisotopic (exact) mass is 428 g/mol. The van der Waals surface area contributed by atoms with E-state index in [1.165, 1.54) is 10.9 Å². The van der Waals surface area contributed by atoms with Gasteiger partial charge in [-0.15, -0.1) is 0 Å². The van der Waals surface area contributed by atoms with Crippen molar-refractivity contribution in [2.45, 2.75) is 77.2 Å². The lowest BCUT2D eigenvalue weighted by molar-refractivity contribution is -0.149. The molecule has 1 amide bonds. The molecule has 2 aromatic rings. The van der Waals surface area contributed by atoms with Gasteiger partial charge < -0.3 is 24.3 Å². The summed E-state index contributed by atoms with van der Waals surface area (Å²) in [7, 11) is 1.74. The van der Waals surface area contributed by atoms with Gasteiger partial charge in [-0.25, -0.2) is 0 Å². The Balaban J connectivity index is 1.62. The average molecular weight is 429 g/mol. The molecule has 0 aromatic carbocycles. The molecule has 1 aliphatic heterocycles. The summed E-state index contributed by atoms with van der Waals surface area (Å²) < 4.78 is 13.4. The van der Waals surface area contributed by atoms with Crippen LogP contribution in [0, 0.1) is 0 Å². The molecule has 2 aromatic heterocycles. The number of amides is 1. The highest BCUT2D eigenvalue weighted by molar-refractivity contribution is 5.84. The molecule has 170 valence electrons. The van der Waals surface area contributed by atoms with Gasteiger partial charge in [0.05, 0.1) is 23.9 Å². The van der Waals surface area contributed by atoms with E-state index in [4.69, 9.17) is 14.5 Å². The van der Waals surface area contributed by atoms with Crippen molar-refractivity contribution < 1.29 is 14.3 Å². The van der Waals surface area contributed by atoms with Gasteiger partial charge in [-0.1, -0.05) is 6.92 Å². The van der Waals surface area contributed by atoms with Crippen LogP contribution in [-0.4, -0.2) is 65.4 Å². The highest BCUT2D eigenvalue weighted by Gasteiger charge is 2.40. The Morgan fingerprint density at radius 1 is 1.45 bits per heavy atom. The molecule has 0 bridgehead atoms. The Morgan fingerprint density at radius 2 is 2.26 bits per heavy atom. The number of hydrogen-bond donors (Lipinski definition) is 1. The lowest BCUT2D eigenvalue weighted by Gasteiger charge is -2.35. The third-order valence-electron chi connectivity index (χ3n) is 6.46. The third kappa shape index (κ3) is 4.78. The standard InChI is InChI=1S/C24H36N4O3/c1-5-20-19-9-11-27(10-6-12-30-4)22(19)13-21(26-20)17(3)28(18-7-8-18)24(29)23-14-25-16(2)15-31-23/h9,11,13,16-18,23,25H,5-8,10,12,14-15H2,1-4H3/t16-,17-,23+/m0/s1. The number of hydrogen-bond acceptors (Lipinski definition) is 5. The van der Waals surface area contributed by atoms with Crippen molar-refractivity contribution in [3.8, 4) is 0 Å². The summed E-state index contributed by atoms with van der Waals surface area (Å²) in [6.07, 6.45) is 5.68. The van der Waals surface area contributed by atoms with Gasteiger partial charge in [0.15, 0.2) is 0 Å². The van der Waals surface area contributed by atoms with Crippen molar-refractivity contribution >= 4 is 16.8 Å². The number of carbonyl (C=O) groups excluding carboxylic acids is 1. The first-order valence-electron chi connectivity index (χ1n) is 11.7. The second kappa shape index (κ2) is 9.67. The van der Waals surface area contributed by atoms with Crippen molar-refractivity contribution in [1.29, 1.82) is 0 Å². The number of carbonyl (C=O) groups is 1. The molecule has 1 saturated carbocycles. The van der Waals surface area contributed by atoms with Crippen LogP contribution >= 0.6 is 0 Å². The fourth-order valence-corrected chi connectivity index (χ4v) is 4.53. The first-order chi connectivity index (χ1) is 15.0. The van der Waals surface area contributed by atoms with Crippen LogP contribution in [0.1, 0.15) is 57.5 Å². The number of nitrogens with zero attached hydrogens (tertiary/aromatic N) is 3. The largest absolute Gasteiger partial charge is 0.385 e. The smallest absolute Gasteiger partial charge is 0.253 e. The van der Waals surface area contributed by atoms with Gasteiger partial charge in [0.25, 0.3) is 5.91 Å². The Bertz CT molecular complexity index is 900. The zero-order valence-corrected chi connectivity index (χ0v) is 19.3. The number of rotatable bonds is 9. The van der Waals surface area contributed by atoms with Crippen molar-refractivity contribution in [1.82, 2.24) is 19.8 Å². The fraction of sp³-hybridized carbons (Fsp3) is 0.667. The zero-order chi connectivity index (χ0) is 22.0. The molecule has 0 spiro atoms. The van der Waals surface area contributed by atoms with Crippen molar-refractivity contribution in [2.24, 2.45) is 0 Å². The highest BCUT2D eigenvalue weighted by atomic mass is 16.5. The van der Waals surface area contributed by atoms with Crippen LogP contribution in [0.5, 0.6) is 0 Å². The molecule has 2 aliphatic rings. The number of methoxy groups -OCH3 is 1. The Labute approximate surface area is 185 Å². The number of nitrogens with one attached hydrogen (secondary N) is 1. The van der Waals surface area contributed by atoms with Crippen LogP contribution in [0.3, 0.4) is 0 Å². The SMILES string of the molecule is CCc1nc([C@H](C)N(C(=O)[C@H]2CN[C@@H](C)CO2)C2CC2)cc2c1ccn2CCCOC. The molecule has 1 aliphatic carbocycles. The second-order valence-electron chi connectivity index (χ2n) is 8.92. The molecular weight excluding hydrogens is 392 g/mol. The third-order valence-corrected chi connectivity index (χ3v) is 6.46. The summed E-state index contributed by atoms with van der Waals surface area (Å²) in [6.45, 7) is 9.13. The maximum Gasteiger partial charge on any atom is 0.253 e. The number of aromatic nitrogens is 2. The van der Waals surface area contributed by atoms with Gasteiger partial charge in [0.1, 0.15) is 6.10 Å². The van der Waals surface area contributed by atoms with Gasteiger partial charge in [-0.2, -0.15) is 0 Å². The molecular formula is C24H36N4O3. The Morgan fingerprint density at radius 3 is 2.90 bits per heavy atom. The predicted molar refractivity (Wildman–Crippen MR) is 121 cm³/mol. The van der Waals surface area contributed by atoms with E-state index in [1.54, 1.807) is 7.11 Å². The number of fused-ring (bicyclic) bond motifs is 1. The zero-order valence-electron chi connectivity index (χ0n) is 19.3. The van der Waals surface area contributed by atoms with E-state index in [9.17, 15) is 4.79 Å². The van der Waals surface area contributed by atoms with Crippen molar-refractivity contribution in [2.75, 3.05) is 26.9 Å². The van der Waals surface area contributed by atoms with E-state index in [-0.39, 0.29) is 18.0 Å². The van der Waals surface area contributed by atoms with E-state index in [2.05, 4.69) is 49.0 Å².